The maximum atomic E-state index is 9.20. The van der Waals surface area contributed by atoms with Crippen LogP contribution in [0.15, 0.2) is 12.7 Å². The molecule has 0 aromatic heterocycles. The average Bonchev–Trinajstić information content (AvgIpc) is 2.14. The summed E-state index contributed by atoms with van der Waals surface area (Å²) >= 11 is 0. The van der Waals surface area contributed by atoms with E-state index in [1.807, 2.05) is 0 Å². The molecule has 0 rings (SSSR count). The first kappa shape index (κ1) is 12.5. The van der Waals surface area contributed by atoms with Crippen LogP contribution in [-0.4, -0.2) is 56.6 Å². The molecule has 0 radical (unpaired) electrons. The molecule has 0 heterocycles. The Morgan fingerprint density at radius 3 is 1.85 bits per heavy atom. The molecule has 0 saturated carbocycles. The summed E-state index contributed by atoms with van der Waals surface area (Å²) in [4.78, 5) is 0. The van der Waals surface area contributed by atoms with Crippen molar-refractivity contribution in [1.29, 1.82) is 0 Å². The second kappa shape index (κ2) is 6.06. The zero-order chi connectivity index (χ0) is 10.4. The molecule has 0 aliphatic heterocycles. The van der Waals surface area contributed by atoms with Gasteiger partial charge in [-0.3, -0.25) is 0 Å². The summed E-state index contributed by atoms with van der Waals surface area (Å²) in [6, 6.07) is 0. The lowest BCUT2D eigenvalue weighted by atomic mass is 10.0. The monoisotopic (exact) mass is 192 g/mol. The summed E-state index contributed by atoms with van der Waals surface area (Å²) in [5.74, 6) is 0. The van der Waals surface area contributed by atoms with Crippen molar-refractivity contribution in [2.45, 2.75) is 30.8 Å². The SMILES string of the molecule is C=CC[C@@H](O)[C@H](O)[C@H](O)[C@H](O)CO. The van der Waals surface area contributed by atoms with Crippen LogP contribution < -0.4 is 0 Å². The molecule has 5 N–H and O–H groups in total. The number of rotatable bonds is 6. The topological polar surface area (TPSA) is 101 Å². The van der Waals surface area contributed by atoms with Gasteiger partial charge < -0.3 is 25.5 Å². The van der Waals surface area contributed by atoms with Gasteiger partial charge in [-0.15, -0.1) is 6.58 Å². The van der Waals surface area contributed by atoms with Gasteiger partial charge in [-0.2, -0.15) is 0 Å². The Morgan fingerprint density at radius 1 is 1.00 bits per heavy atom. The molecular formula is C8H16O5. The Kier molecular flexibility index (Phi) is 5.85. The highest BCUT2D eigenvalue weighted by Gasteiger charge is 2.28. The molecule has 13 heavy (non-hydrogen) atoms. The molecule has 0 spiro atoms. The Morgan fingerprint density at radius 2 is 1.46 bits per heavy atom. The Bertz CT molecular complexity index is 149. The molecule has 0 amide bonds. The van der Waals surface area contributed by atoms with E-state index in [9.17, 15) is 5.11 Å². The second-order valence-corrected chi connectivity index (χ2v) is 2.82. The molecule has 0 aromatic carbocycles. The van der Waals surface area contributed by atoms with E-state index >= 15 is 0 Å². The number of hydrogen-bond donors (Lipinski definition) is 5. The van der Waals surface area contributed by atoms with Crippen LogP contribution in [0.2, 0.25) is 0 Å². The highest BCUT2D eigenvalue weighted by molar-refractivity contribution is 4.84. The number of aliphatic hydroxyl groups is 5. The highest BCUT2D eigenvalue weighted by atomic mass is 16.4. The van der Waals surface area contributed by atoms with Gasteiger partial charge in [0.05, 0.1) is 12.7 Å². The van der Waals surface area contributed by atoms with E-state index in [4.69, 9.17) is 20.4 Å². The molecule has 0 fully saturated rings. The lowest BCUT2D eigenvalue weighted by Crippen LogP contribution is -2.45. The number of hydrogen-bond acceptors (Lipinski definition) is 5. The van der Waals surface area contributed by atoms with Crippen molar-refractivity contribution >= 4 is 0 Å². The normalized spacial score (nSPS) is 20.4. The van der Waals surface area contributed by atoms with Gasteiger partial charge in [0.15, 0.2) is 0 Å². The van der Waals surface area contributed by atoms with Crippen LogP contribution in [0, 0.1) is 0 Å². The first-order chi connectivity index (χ1) is 6.04. The zero-order valence-electron chi connectivity index (χ0n) is 7.24. The van der Waals surface area contributed by atoms with Crippen molar-refractivity contribution < 1.29 is 25.5 Å². The van der Waals surface area contributed by atoms with Gasteiger partial charge in [0.1, 0.15) is 18.3 Å². The van der Waals surface area contributed by atoms with Gasteiger partial charge in [0.2, 0.25) is 0 Å². The van der Waals surface area contributed by atoms with Gasteiger partial charge >= 0.3 is 0 Å². The van der Waals surface area contributed by atoms with Crippen LogP contribution in [0.3, 0.4) is 0 Å². The Balaban J connectivity index is 4.06. The van der Waals surface area contributed by atoms with Crippen LogP contribution in [-0.2, 0) is 0 Å². The van der Waals surface area contributed by atoms with Gasteiger partial charge in [-0.05, 0) is 6.42 Å². The largest absolute Gasteiger partial charge is 0.394 e. The van der Waals surface area contributed by atoms with E-state index in [1.165, 1.54) is 6.08 Å². The predicted octanol–water partition coefficient (Wildman–Crippen LogP) is -2.00. The summed E-state index contributed by atoms with van der Waals surface area (Å²) in [6.07, 6.45) is -4.19. The summed E-state index contributed by atoms with van der Waals surface area (Å²) in [5, 5.41) is 44.8. The van der Waals surface area contributed by atoms with Crippen molar-refractivity contribution in [1.82, 2.24) is 0 Å². The van der Waals surface area contributed by atoms with Crippen molar-refractivity contribution in [2.75, 3.05) is 6.61 Å². The van der Waals surface area contributed by atoms with Crippen molar-refractivity contribution in [3.8, 4) is 0 Å². The lowest BCUT2D eigenvalue weighted by molar-refractivity contribution is -0.113. The van der Waals surface area contributed by atoms with Gasteiger partial charge in [-0.1, -0.05) is 6.08 Å². The zero-order valence-corrected chi connectivity index (χ0v) is 7.24. The smallest absolute Gasteiger partial charge is 0.110 e. The molecule has 0 bridgehead atoms. The van der Waals surface area contributed by atoms with Crippen molar-refractivity contribution in [2.24, 2.45) is 0 Å². The molecule has 5 heteroatoms. The molecule has 78 valence electrons. The molecular weight excluding hydrogens is 176 g/mol. The molecule has 5 nitrogen and oxygen atoms in total. The summed E-state index contributed by atoms with van der Waals surface area (Å²) in [5.41, 5.74) is 0. The second-order valence-electron chi connectivity index (χ2n) is 2.82. The third-order valence-corrected chi connectivity index (χ3v) is 1.73. The van der Waals surface area contributed by atoms with Gasteiger partial charge in [0.25, 0.3) is 0 Å². The molecule has 0 aliphatic rings. The molecule has 0 unspecified atom stereocenters. The minimum atomic E-state index is -1.56. The third-order valence-electron chi connectivity index (χ3n) is 1.73. The first-order valence-electron chi connectivity index (χ1n) is 3.98. The van der Waals surface area contributed by atoms with E-state index < -0.39 is 31.0 Å². The minimum absolute atomic E-state index is 0.108. The van der Waals surface area contributed by atoms with Crippen LogP contribution in [0.5, 0.6) is 0 Å². The summed E-state index contributed by atoms with van der Waals surface area (Å²) < 4.78 is 0. The lowest BCUT2D eigenvalue weighted by Gasteiger charge is -2.24. The average molecular weight is 192 g/mol. The van der Waals surface area contributed by atoms with E-state index in [0.717, 1.165) is 0 Å². The van der Waals surface area contributed by atoms with Gasteiger partial charge in [0, 0.05) is 0 Å². The molecule has 4 atom stereocenters. The Labute approximate surface area is 76.6 Å². The van der Waals surface area contributed by atoms with Crippen molar-refractivity contribution in [3.05, 3.63) is 12.7 Å². The minimum Gasteiger partial charge on any atom is -0.394 e. The van der Waals surface area contributed by atoms with E-state index in [1.54, 1.807) is 0 Å². The van der Waals surface area contributed by atoms with Crippen LogP contribution in [0.4, 0.5) is 0 Å². The summed E-state index contributed by atoms with van der Waals surface area (Å²) in [6.45, 7) is 2.68. The first-order valence-corrected chi connectivity index (χ1v) is 3.98. The maximum Gasteiger partial charge on any atom is 0.110 e. The third kappa shape index (κ3) is 3.84. The highest BCUT2D eigenvalue weighted by Crippen LogP contribution is 2.07. The summed E-state index contributed by atoms with van der Waals surface area (Å²) in [7, 11) is 0. The van der Waals surface area contributed by atoms with Crippen LogP contribution in [0.25, 0.3) is 0 Å². The van der Waals surface area contributed by atoms with Gasteiger partial charge in [-0.25, -0.2) is 0 Å². The van der Waals surface area contributed by atoms with E-state index in [0.29, 0.717) is 0 Å². The molecule has 0 aromatic rings. The van der Waals surface area contributed by atoms with Crippen LogP contribution in [0.1, 0.15) is 6.42 Å². The van der Waals surface area contributed by atoms with E-state index in [2.05, 4.69) is 6.58 Å². The van der Waals surface area contributed by atoms with Crippen molar-refractivity contribution in [3.63, 3.8) is 0 Å². The fourth-order valence-corrected chi connectivity index (χ4v) is 0.873. The van der Waals surface area contributed by atoms with Crippen LogP contribution >= 0.6 is 0 Å². The number of aliphatic hydroxyl groups excluding tert-OH is 5. The standard InChI is InChI=1S/C8H16O5/c1-2-3-5(10)7(12)8(13)6(11)4-9/h2,5-13H,1,3-4H2/t5-,6-,7+,8-/m1/s1. The Hall–Kier alpha value is -0.460. The maximum absolute atomic E-state index is 9.20. The fourth-order valence-electron chi connectivity index (χ4n) is 0.873. The van der Waals surface area contributed by atoms with E-state index in [-0.39, 0.29) is 6.42 Å². The predicted molar refractivity (Wildman–Crippen MR) is 45.9 cm³/mol. The quantitative estimate of drug-likeness (QED) is 0.313. The fraction of sp³-hybridized carbons (Fsp3) is 0.750. The molecule has 0 saturated heterocycles. The molecule has 0 aliphatic carbocycles.